The van der Waals surface area contributed by atoms with Crippen LogP contribution in [0.2, 0.25) is 0 Å². The van der Waals surface area contributed by atoms with Gasteiger partial charge in [0.05, 0.1) is 11.8 Å². The smallest absolute Gasteiger partial charge is 0.105 e. The van der Waals surface area contributed by atoms with Gasteiger partial charge >= 0.3 is 0 Å². The molecule has 3 rings (SSSR count). The average Bonchev–Trinajstić information content (AvgIpc) is 2.98. The first-order valence-electron chi connectivity index (χ1n) is 6.91. The molecular formula is C17H18N2O. The molecule has 1 N–H and O–H groups in total. The summed E-state index contributed by atoms with van der Waals surface area (Å²) in [5.74, 6) is 1.01. The fourth-order valence-corrected chi connectivity index (χ4v) is 2.40. The lowest BCUT2D eigenvalue weighted by molar-refractivity contribution is 0.457. The van der Waals surface area contributed by atoms with Crippen LogP contribution in [0.1, 0.15) is 18.2 Å². The summed E-state index contributed by atoms with van der Waals surface area (Å²) in [4.78, 5) is 4.48. The third kappa shape index (κ3) is 2.89. The summed E-state index contributed by atoms with van der Waals surface area (Å²) in [7, 11) is 0. The Hall–Kier alpha value is -2.13. The van der Waals surface area contributed by atoms with Crippen molar-refractivity contribution in [2.45, 2.75) is 25.9 Å². The van der Waals surface area contributed by atoms with Crippen LogP contribution in [0.3, 0.4) is 0 Å². The van der Waals surface area contributed by atoms with E-state index in [9.17, 15) is 0 Å². The third-order valence-electron chi connectivity index (χ3n) is 3.44. The Bertz CT molecular complexity index is 671. The zero-order chi connectivity index (χ0) is 13.8. The Labute approximate surface area is 118 Å². The molecule has 3 aromatic rings. The van der Waals surface area contributed by atoms with Gasteiger partial charge in [0.2, 0.25) is 0 Å². The van der Waals surface area contributed by atoms with Gasteiger partial charge in [0.15, 0.2) is 0 Å². The molecule has 0 bridgehead atoms. The summed E-state index contributed by atoms with van der Waals surface area (Å²) in [6.45, 7) is 2.98. The molecule has 0 radical (unpaired) electrons. The minimum Gasteiger partial charge on any atom is -0.469 e. The van der Waals surface area contributed by atoms with Crippen LogP contribution < -0.4 is 5.32 Å². The van der Waals surface area contributed by atoms with Gasteiger partial charge in [-0.3, -0.25) is 4.98 Å². The van der Waals surface area contributed by atoms with E-state index in [1.165, 1.54) is 10.9 Å². The Balaban J connectivity index is 1.67. The standard InChI is InChI=1S/C17H18N2O/c1-13(11-16-8-4-10-20-16)19-12-15-6-2-5-14-7-3-9-18-17(14)15/h2-10,13,19H,11-12H2,1H3/t13-/m0/s1. The van der Waals surface area contributed by atoms with Gasteiger partial charge in [-0.2, -0.15) is 0 Å². The van der Waals surface area contributed by atoms with E-state index < -0.39 is 0 Å². The molecule has 1 aromatic carbocycles. The lowest BCUT2D eigenvalue weighted by atomic mass is 10.1. The number of furan rings is 1. The highest BCUT2D eigenvalue weighted by molar-refractivity contribution is 5.81. The summed E-state index contributed by atoms with van der Waals surface area (Å²) in [5.41, 5.74) is 2.31. The quantitative estimate of drug-likeness (QED) is 0.767. The highest BCUT2D eigenvalue weighted by Crippen LogP contribution is 2.16. The molecule has 0 spiro atoms. The number of hydrogen-bond donors (Lipinski definition) is 1. The molecule has 1 atom stereocenters. The van der Waals surface area contributed by atoms with Crippen LogP contribution in [0.25, 0.3) is 10.9 Å². The van der Waals surface area contributed by atoms with E-state index in [1.807, 2.05) is 24.4 Å². The van der Waals surface area contributed by atoms with E-state index in [0.29, 0.717) is 6.04 Å². The van der Waals surface area contributed by atoms with Crippen molar-refractivity contribution in [3.63, 3.8) is 0 Å². The lowest BCUT2D eigenvalue weighted by Gasteiger charge is -2.13. The van der Waals surface area contributed by atoms with Gasteiger partial charge in [-0.05, 0) is 30.7 Å². The maximum absolute atomic E-state index is 5.37. The molecule has 20 heavy (non-hydrogen) atoms. The van der Waals surface area contributed by atoms with Gasteiger partial charge < -0.3 is 9.73 Å². The molecule has 2 heterocycles. The maximum Gasteiger partial charge on any atom is 0.105 e. The topological polar surface area (TPSA) is 38.1 Å². The zero-order valence-electron chi connectivity index (χ0n) is 11.5. The number of benzene rings is 1. The van der Waals surface area contributed by atoms with Gasteiger partial charge in [-0.15, -0.1) is 0 Å². The molecule has 0 aliphatic carbocycles. The zero-order valence-corrected chi connectivity index (χ0v) is 11.5. The molecule has 3 heteroatoms. The first-order valence-corrected chi connectivity index (χ1v) is 6.91. The fraction of sp³-hybridized carbons (Fsp3) is 0.235. The lowest BCUT2D eigenvalue weighted by Crippen LogP contribution is -2.27. The van der Waals surface area contributed by atoms with Crippen LogP contribution in [-0.2, 0) is 13.0 Å². The Morgan fingerprint density at radius 2 is 2.05 bits per heavy atom. The van der Waals surface area contributed by atoms with E-state index >= 15 is 0 Å². The minimum absolute atomic E-state index is 0.361. The Kier molecular flexibility index (Phi) is 3.79. The van der Waals surface area contributed by atoms with Crippen LogP contribution in [0.4, 0.5) is 0 Å². The van der Waals surface area contributed by atoms with Crippen molar-refractivity contribution >= 4 is 10.9 Å². The van der Waals surface area contributed by atoms with E-state index in [0.717, 1.165) is 24.2 Å². The summed E-state index contributed by atoms with van der Waals surface area (Å²) in [6.07, 6.45) is 4.46. The first-order chi connectivity index (χ1) is 9.83. The second kappa shape index (κ2) is 5.88. The monoisotopic (exact) mass is 266 g/mol. The number of pyridine rings is 1. The van der Waals surface area contributed by atoms with Crippen molar-refractivity contribution in [3.8, 4) is 0 Å². The molecule has 0 saturated carbocycles. The number of nitrogens with zero attached hydrogens (tertiary/aromatic N) is 1. The van der Waals surface area contributed by atoms with Gasteiger partial charge in [-0.1, -0.05) is 24.3 Å². The molecule has 0 fully saturated rings. The van der Waals surface area contributed by atoms with Gasteiger partial charge in [0.1, 0.15) is 5.76 Å². The fourth-order valence-electron chi connectivity index (χ4n) is 2.40. The maximum atomic E-state index is 5.37. The van der Waals surface area contributed by atoms with Crippen LogP contribution in [-0.4, -0.2) is 11.0 Å². The number of para-hydroxylation sites is 1. The van der Waals surface area contributed by atoms with E-state index in [-0.39, 0.29) is 0 Å². The van der Waals surface area contributed by atoms with Gasteiger partial charge in [-0.25, -0.2) is 0 Å². The van der Waals surface area contributed by atoms with E-state index in [1.54, 1.807) is 6.26 Å². The predicted molar refractivity (Wildman–Crippen MR) is 80.5 cm³/mol. The molecule has 0 aliphatic heterocycles. The van der Waals surface area contributed by atoms with Crippen molar-refractivity contribution in [2.75, 3.05) is 0 Å². The van der Waals surface area contributed by atoms with Crippen LogP contribution in [0, 0.1) is 0 Å². The molecule has 2 aromatic heterocycles. The second-order valence-electron chi connectivity index (χ2n) is 5.06. The van der Waals surface area contributed by atoms with Crippen LogP contribution in [0.15, 0.2) is 59.3 Å². The van der Waals surface area contributed by atoms with Crippen molar-refractivity contribution in [1.82, 2.24) is 10.3 Å². The summed E-state index contributed by atoms with van der Waals surface area (Å²) in [6, 6.07) is 14.7. The van der Waals surface area contributed by atoms with Gasteiger partial charge in [0.25, 0.3) is 0 Å². The van der Waals surface area contributed by atoms with Crippen LogP contribution in [0.5, 0.6) is 0 Å². The highest BCUT2D eigenvalue weighted by atomic mass is 16.3. The van der Waals surface area contributed by atoms with Crippen molar-refractivity contribution in [2.24, 2.45) is 0 Å². The molecule has 0 saturated heterocycles. The Morgan fingerprint density at radius 1 is 1.15 bits per heavy atom. The minimum atomic E-state index is 0.361. The SMILES string of the molecule is C[C@@H](Cc1ccco1)NCc1cccc2cccnc12. The summed E-state index contributed by atoms with van der Waals surface area (Å²) < 4.78 is 5.37. The normalized spacial score (nSPS) is 12.7. The summed E-state index contributed by atoms with van der Waals surface area (Å²) in [5, 5.41) is 4.71. The number of aromatic nitrogens is 1. The third-order valence-corrected chi connectivity index (χ3v) is 3.44. The highest BCUT2D eigenvalue weighted by Gasteiger charge is 2.07. The Morgan fingerprint density at radius 3 is 2.90 bits per heavy atom. The predicted octanol–water partition coefficient (Wildman–Crippen LogP) is 3.55. The molecule has 3 nitrogen and oxygen atoms in total. The average molecular weight is 266 g/mol. The van der Waals surface area contributed by atoms with E-state index in [2.05, 4.69) is 41.5 Å². The largest absolute Gasteiger partial charge is 0.469 e. The van der Waals surface area contributed by atoms with Crippen molar-refractivity contribution in [1.29, 1.82) is 0 Å². The molecule has 0 aliphatic rings. The molecule has 0 amide bonds. The number of fused-ring (bicyclic) bond motifs is 1. The first kappa shape index (κ1) is 12.9. The number of rotatable bonds is 5. The summed E-state index contributed by atoms with van der Waals surface area (Å²) >= 11 is 0. The van der Waals surface area contributed by atoms with Crippen LogP contribution >= 0.6 is 0 Å². The van der Waals surface area contributed by atoms with E-state index in [4.69, 9.17) is 4.42 Å². The number of nitrogens with one attached hydrogen (secondary N) is 1. The number of hydrogen-bond acceptors (Lipinski definition) is 3. The van der Waals surface area contributed by atoms with Gasteiger partial charge in [0, 0.05) is 30.6 Å². The molecular weight excluding hydrogens is 248 g/mol. The molecule has 102 valence electrons. The second-order valence-corrected chi connectivity index (χ2v) is 5.06. The molecule has 0 unspecified atom stereocenters. The van der Waals surface area contributed by atoms with Crippen molar-refractivity contribution < 1.29 is 4.42 Å². The van der Waals surface area contributed by atoms with Crippen molar-refractivity contribution in [3.05, 3.63) is 66.2 Å².